The summed E-state index contributed by atoms with van der Waals surface area (Å²) in [6.45, 7) is 14.4. The summed E-state index contributed by atoms with van der Waals surface area (Å²) in [4.78, 5) is 4.73. The van der Waals surface area contributed by atoms with Gasteiger partial charge in [0.2, 0.25) is 0 Å². The van der Waals surface area contributed by atoms with E-state index in [2.05, 4.69) is 59.9 Å². The normalized spacial score (nSPS) is 11.5. The van der Waals surface area contributed by atoms with Gasteiger partial charge in [0.05, 0.1) is 23.1 Å². The Morgan fingerprint density at radius 3 is 2.74 bits per heavy atom. The van der Waals surface area contributed by atoms with E-state index in [9.17, 15) is 0 Å². The van der Waals surface area contributed by atoms with Crippen LogP contribution in [0.5, 0.6) is 0 Å². The lowest BCUT2D eigenvalue weighted by Crippen LogP contribution is -2.02. The maximum Gasteiger partial charge on any atom is 0.0879 e. The first-order chi connectivity index (χ1) is 13.0. The molecule has 4 nitrogen and oxygen atoms in total. The van der Waals surface area contributed by atoms with E-state index in [4.69, 9.17) is 4.98 Å². The molecule has 0 aliphatic carbocycles. The molecule has 0 bridgehead atoms. The fraction of sp³-hybridized carbons (Fsp3) is 0.130. The summed E-state index contributed by atoms with van der Waals surface area (Å²) in [5.74, 6) is 0. The Labute approximate surface area is 160 Å². The number of H-pyrrole nitrogens is 1. The number of hydrogen-bond donors (Lipinski definition) is 2. The Bertz CT molecular complexity index is 1070. The number of aryl methyl sites for hydroxylation is 2. The molecule has 0 saturated carbocycles. The van der Waals surface area contributed by atoms with E-state index in [1.54, 1.807) is 6.20 Å². The van der Waals surface area contributed by atoms with E-state index in [0.29, 0.717) is 0 Å². The SMILES string of the molecule is C=C(Nc1cn[nH]c1C(=C)/C=C\C=C/C)c1cc2ccc(C)cc2nc1C. The highest BCUT2D eigenvalue weighted by molar-refractivity contribution is 5.88. The molecule has 2 heterocycles. The van der Waals surface area contributed by atoms with Crippen LogP contribution in [-0.4, -0.2) is 15.2 Å². The Morgan fingerprint density at radius 2 is 1.96 bits per heavy atom. The van der Waals surface area contributed by atoms with Gasteiger partial charge in [0, 0.05) is 22.3 Å². The third kappa shape index (κ3) is 4.06. The Hall–Kier alpha value is -3.40. The molecule has 0 aliphatic heterocycles. The minimum absolute atomic E-state index is 0.773. The quantitative estimate of drug-likeness (QED) is 0.549. The van der Waals surface area contributed by atoms with Crippen LogP contribution >= 0.6 is 0 Å². The molecule has 0 spiro atoms. The molecule has 0 unspecified atom stereocenters. The molecule has 4 heteroatoms. The van der Waals surface area contributed by atoms with Gasteiger partial charge in [0.1, 0.15) is 0 Å². The second-order valence-electron chi connectivity index (χ2n) is 6.49. The van der Waals surface area contributed by atoms with Crippen LogP contribution in [0.2, 0.25) is 0 Å². The molecule has 3 rings (SSSR count). The van der Waals surface area contributed by atoms with Crippen molar-refractivity contribution in [3.05, 3.63) is 90.4 Å². The van der Waals surface area contributed by atoms with Gasteiger partial charge < -0.3 is 5.32 Å². The van der Waals surface area contributed by atoms with Crippen molar-refractivity contribution >= 4 is 27.9 Å². The first-order valence-corrected chi connectivity index (χ1v) is 8.86. The number of fused-ring (bicyclic) bond motifs is 1. The van der Waals surface area contributed by atoms with Crippen molar-refractivity contribution in [3.63, 3.8) is 0 Å². The number of anilines is 1. The third-order valence-corrected chi connectivity index (χ3v) is 4.34. The number of pyridine rings is 1. The van der Waals surface area contributed by atoms with Crippen molar-refractivity contribution in [1.29, 1.82) is 0 Å². The molecule has 136 valence electrons. The summed E-state index contributed by atoms with van der Waals surface area (Å²) < 4.78 is 0. The molecule has 0 aliphatic rings. The van der Waals surface area contributed by atoms with Crippen LogP contribution in [0.1, 0.15) is 29.4 Å². The number of nitrogens with one attached hydrogen (secondary N) is 2. The zero-order chi connectivity index (χ0) is 19.4. The minimum atomic E-state index is 0.773. The molecule has 0 saturated heterocycles. The number of allylic oxidation sites excluding steroid dienone is 5. The largest absolute Gasteiger partial charge is 0.352 e. The molecule has 27 heavy (non-hydrogen) atoms. The monoisotopic (exact) mass is 356 g/mol. The summed E-state index contributed by atoms with van der Waals surface area (Å²) in [5, 5.41) is 11.6. The summed E-state index contributed by atoms with van der Waals surface area (Å²) in [6, 6.07) is 8.39. The Morgan fingerprint density at radius 1 is 1.15 bits per heavy atom. The molecule has 0 atom stereocenters. The van der Waals surface area contributed by atoms with Crippen molar-refractivity contribution in [2.75, 3.05) is 5.32 Å². The summed E-state index contributed by atoms with van der Waals surface area (Å²) in [7, 11) is 0. The number of hydrogen-bond acceptors (Lipinski definition) is 3. The van der Waals surface area contributed by atoms with Gasteiger partial charge in [-0.3, -0.25) is 10.1 Å². The fourth-order valence-corrected chi connectivity index (χ4v) is 2.90. The molecular weight excluding hydrogens is 332 g/mol. The highest BCUT2D eigenvalue weighted by atomic mass is 15.1. The number of aromatic nitrogens is 3. The van der Waals surface area contributed by atoms with Crippen LogP contribution < -0.4 is 5.32 Å². The summed E-state index contributed by atoms with van der Waals surface area (Å²) in [6.07, 6.45) is 9.55. The predicted molar refractivity (Wildman–Crippen MR) is 115 cm³/mol. The lowest BCUT2D eigenvalue weighted by atomic mass is 10.1. The maximum atomic E-state index is 4.73. The van der Waals surface area contributed by atoms with Gasteiger partial charge in [-0.05, 0) is 44.0 Å². The van der Waals surface area contributed by atoms with Crippen molar-refractivity contribution < 1.29 is 0 Å². The first-order valence-electron chi connectivity index (χ1n) is 8.86. The van der Waals surface area contributed by atoms with Crippen LogP contribution in [0.15, 0.2) is 67.9 Å². The topological polar surface area (TPSA) is 53.6 Å². The average molecular weight is 356 g/mol. The predicted octanol–water partition coefficient (Wildman–Crippen LogP) is 5.80. The van der Waals surface area contributed by atoms with Gasteiger partial charge in [0.15, 0.2) is 0 Å². The van der Waals surface area contributed by atoms with Crippen LogP contribution in [0.3, 0.4) is 0 Å². The molecule has 0 radical (unpaired) electrons. The molecule has 2 N–H and O–H groups in total. The minimum Gasteiger partial charge on any atom is -0.352 e. The van der Waals surface area contributed by atoms with Crippen molar-refractivity contribution in [1.82, 2.24) is 15.2 Å². The van der Waals surface area contributed by atoms with Crippen molar-refractivity contribution in [2.45, 2.75) is 20.8 Å². The van der Waals surface area contributed by atoms with E-state index in [1.165, 1.54) is 5.56 Å². The first kappa shape index (κ1) is 18.4. The lowest BCUT2D eigenvalue weighted by Gasteiger charge is -2.13. The smallest absolute Gasteiger partial charge is 0.0879 e. The Balaban J connectivity index is 1.87. The second kappa shape index (κ2) is 7.87. The van der Waals surface area contributed by atoms with Crippen LogP contribution in [0, 0.1) is 13.8 Å². The molecule has 0 amide bonds. The molecule has 2 aromatic heterocycles. The second-order valence-corrected chi connectivity index (χ2v) is 6.49. The van der Waals surface area contributed by atoms with Gasteiger partial charge in [-0.1, -0.05) is 49.6 Å². The van der Waals surface area contributed by atoms with E-state index < -0.39 is 0 Å². The molecule has 1 aromatic carbocycles. The van der Waals surface area contributed by atoms with E-state index in [1.807, 2.05) is 38.2 Å². The van der Waals surface area contributed by atoms with Gasteiger partial charge in [-0.15, -0.1) is 0 Å². The van der Waals surface area contributed by atoms with E-state index >= 15 is 0 Å². The van der Waals surface area contributed by atoms with Crippen molar-refractivity contribution in [3.8, 4) is 0 Å². The van der Waals surface area contributed by atoms with E-state index in [-0.39, 0.29) is 0 Å². The van der Waals surface area contributed by atoms with Crippen LogP contribution in [0.25, 0.3) is 22.2 Å². The highest BCUT2D eigenvalue weighted by Gasteiger charge is 2.11. The van der Waals surface area contributed by atoms with Crippen LogP contribution in [-0.2, 0) is 0 Å². The van der Waals surface area contributed by atoms with E-state index in [0.717, 1.165) is 44.8 Å². The Kier molecular flexibility index (Phi) is 5.36. The molecule has 3 aromatic rings. The van der Waals surface area contributed by atoms with Gasteiger partial charge in [0.25, 0.3) is 0 Å². The average Bonchev–Trinajstić information content (AvgIpc) is 3.09. The standard InChI is InChI=1S/C23H24N4/c1-6-7-8-9-16(3)23-22(14-24-27-23)26-18(5)20-13-19-11-10-15(2)12-21(19)25-17(20)4/h6-14,26H,3,5H2,1-2,4H3,(H,24,27)/b7-6-,9-8-. The van der Waals surface area contributed by atoms with Gasteiger partial charge in [-0.2, -0.15) is 5.10 Å². The maximum absolute atomic E-state index is 4.73. The zero-order valence-corrected chi connectivity index (χ0v) is 16.0. The van der Waals surface area contributed by atoms with Gasteiger partial charge in [-0.25, -0.2) is 0 Å². The zero-order valence-electron chi connectivity index (χ0n) is 16.0. The fourth-order valence-electron chi connectivity index (χ4n) is 2.90. The number of benzene rings is 1. The third-order valence-electron chi connectivity index (χ3n) is 4.34. The molecular formula is C23H24N4. The number of nitrogens with zero attached hydrogens (tertiary/aromatic N) is 2. The molecule has 0 fully saturated rings. The summed E-state index contributed by atoms with van der Waals surface area (Å²) in [5.41, 5.74) is 7.38. The lowest BCUT2D eigenvalue weighted by molar-refractivity contribution is 1.08. The number of aromatic amines is 1. The van der Waals surface area contributed by atoms with Gasteiger partial charge >= 0.3 is 0 Å². The summed E-state index contributed by atoms with van der Waals surface area (Å²) >= 11 is 0. The van der Waals surface area contributed by atoms with Crippen molar-refractivity contribution in [2.24, 2.45) is 0 Å². The van der Waals surface area contributed by atoms with Crippen LogP contribution in [0.4, 0.5) is 5.69 Å². The highest BCUT2D eigenvalue weighted by Crippen LogP contribution is 2.27. The number of rotatable bonds is 6.